The van der Waals surface area contributed by atoms with Crippen molar-refractivity contribution in [3.63, 3.8) is 0 Å². The number of rotatable bonds is 12. The van der Waals surface area contributed by atoms with Crippen molar-refractivity contribution >= 4 is 28.7 Å². The van der Waals surface area contributed by atoms with Crippen LogP contribution in [0.15, 0.2) is 60.2 Å². The second kappa shape index (κ2) is 13.4. The third-order valence-electron chi connectivity index (χ3n) is 7.21. The molecule has 1 aliphatic rings. The minimum absolute atomic E-state index is 0.424. The van der Waals surface area contributed by atoms with Crippen molar-refractivity contribution in [2.24, 2.45) is 0 Å². The Morgan fingerprint density at radius 2 is 1.61 bits per heavy atom. The van der Waals surface area contributed by atoms with E-state index in [1.54, 1.807) is 0 Å². The number of para-hydroxylation sites is 1. The highest BCUT2D eigenvalue weighted by Crippen LogP contribution is 2.26. The Morgan fingerprint density at radius 1 is 0.889 bits per heavy atom. The summed E-state index contributed by atoms with van der Waals surface area (Å²) in [5, 5.41) is 8.61. The van der Waals surface area contributed by atoms with Crippen LogP contribution in [0.2, 0.25) is 0 Å². The fourth-order valence-corrected chi connectivity index (χ4v) is 5.14. The summed E-state index contributed by atoms with van der Waals surface area (Å²) >= 11 is 0. The predicted molar refractivity (Wildman–Crippen MR) is 155 cm³/mol. The Hall–Kier alpha value is -2.92. The summed E-state index contributed by atoms with van der Waals surface area (Å²) in [6.07, 6.45) is 13.4. The molecule has 0 bridgehead atoms. The first kappa shape index (κ1) is 26.2. The fourth-order valence-electron chi connectivity index (χ4n) is 5.14. The van der Waals surface area contributed by atoms with Gasteiger partial charge in [-0.15, -0.1) is 0 Å². The highest BCUT2D eigenvalue weighted by molar-refractivity contribution is 5.90. The standard InChI is InChI=1S/C31H43N5/c1-4-5-6-8-15-25(22-24-13-9-7-10-14-24)23-32-26-18-20-27(21-19-26)33-31-34-29-17-12-11-16-28(29)30(35-31)36(2)3/h7,9-14,16-17,22,26-27,32H,4-6,8,15,18-21,23H2,1-3H3,(H,33,34,35)/b25-22+. The molecule has 5 heteroatoms. The topological polar surface area (TPSA) is 53.1 Å². The average molecular weight is 486 g/mol. The number of nitrogens with zero attached hydrogens (tertiary/aromatic N) is 3. The molecular formula is C31H43N5. The molecule has 0 radical (unpaired) electrons. The van der Waals surface area contributed by atoms with Crippen LogP contribution in [0.1, 0.15) is 70.3 Å². The van der Waals surface area contributed by atoms with E-state index in [4.69, 9.17) is 9.97 Å². The van der Waals surface area contributed by atoms with E-state index in [9.17, 15) is 0 Å². The number of aromatic nitrogens is 2. The minimum Gasteiger partial charge on any atom is -0.362 e. The molecule has 3 aromatic rings. The van der Waals surface area contributed by atoms with E-state index >= 15 is 0 Å². The molecule has 36 heavy (non-hydrogen) atoms. The van der Waals surface area contributed by atoms with Crippen molar-refractivity contribution in [3.05, 3.63) is 65.7 Å². The van der Waals surface area contributed by atoms with E-state index in [0.717, 1.165) is 42.1 Å². The molecule has 1 aliphatic carbocycles. The van der Waals surface area contributed by atoms with Crippen molar-refractivity contribution < 1.29 is 0 Å². The zero-order valence-electron chi connectivity index (χ0n) is 22.3. The van der Waals surface area contributed by atoms with Crippen LogP contribution in [0.5, 0.6) is 0 Å². The van der Waals surface area contributed by atoms with Gasteiger partial charge in [-0.3, -0.25) is 0 Å². The molecule has 2 N–H and O–H groups in total. The van der Waals surface area contributed by atoms with Gasteiger partial charge in [-0.2, -0.15) is 4.98 Å². The third kappa shape index (κ3) is 7.54. The first-order valence-electron chi connectivity index (χ1n) is 13.8. The zero-order chi connectivity index (χ0) is 25.2. The van der Waals surface area contributed by atoms with E-state index in [1.807, 2.05) is 26.2 Å². The van der Waals surface area contributed by atoms with Crippen LogP contribution >= 0.6 is 0 Å². The van der Waals surface area contributed by atoms with Gasteiger partial charge in [0, 0.05) is 38.1 Å². The summed E-state index contributed by atoms with van der Waals surface area (Å²) in [4.78, 5) is 11.7. The Labute approximate surface area is 217 Å². The number of anilines is 2. The quantitative estimate of drug-likeness (QED) is 0.269. The molecule has 0 amide bonds. The Kier molecular flexibility index (Phi) is 9.74. The molecule has 1 heterocycles. The van der Waals surface area contributed by atoms with Gasteiger partial charge in [0.15, 0.2) is 0 Å². The minimum atomic E-state index is 0.424. The van der Waals surface area contributed by atoms with Crippen LogP contribution in [0.4, 0.5) is 11.8 Å². The van der Waals surface area contributed by atoms with Gasteiger partial charge in [-0.25, -0.2) is 4.98 Å². The van der Waals surface area contributed by atoms with Crippen LogP contribution in [0, 0.1) is 0 Å². The van der Waals surface area contributed by atoms with Crippen LogP contribution in [-0.4, -0.2) is 42.7 Å². The third-order valence-corrected chi connectivity index (χ3v) is 7.21. The van der Waals surface area contributed by atoms with Gasteiger partial charge < -0.3 is 15.5 Å². The maximum Gasteiger partial charge on any atom is 0.225 e. The lowest BCUT2D eigenvalue weighted by molar-refractivity contribution is 0.360. The Balaban J connectivity index is 1.31. The number of benzene rings is 2. The van der Waals surface area contributed by atoms with Crippen LogP contribution in [-0.2, 0) is 0 Å². The molecule has 1 aromatic heterocycles. The lowest BCUT2D eigenvalue weighted by Crippen LogP contribution is -2.38. The monoisotopic (exact) mass is 485 g/mol. The van der Waals surface area contributed by atoms with Gasteiger partial charge >= 0.3 is 0 Å². The summed E-state index contributed by atoms with van der Waals surface area (Å²) in [5.74, 6) is 1.71. The Bertz CT molecular complexity index is 1100. The number of hydrogen-bond acceptors (Lipinski definition) is 5. The van der Waals surface area contributed by atoms with Crippen molar-refractivity contribution in [2.75, 3.05) is 30.9 Å². The van der Waals surface area contributed by atoms with Gasteiger partial charge in [-0.1, -0.05) is 80.3 Å². The van der Waals surface area contributed by atoms with Gasteiger partial charge in [-0.05, 0) is 56.2 Å². The molecule has 5 nitrogen and oxygen atoms in total. The molecule has 0 unspecified atom stereocenters. The van der Waals surface area contributed by atoms with Gasteiger partial charge in [0.05, 0.1) is 5.52 Å². The normalized spacial score (nSPS) is 18.4. The van der Waals surface area contributed by atoms with Crippen LogP contribution in [0.3, 0.4) is 0 Å². The predicted octanol–water partition coefficient (Wildman–Crippen LogP) is 7.06. The van der Waals surface area contributed by atoms with Crippen LogP contribution in [0.25, 0.3) is 17.0 Å². The second-order valence-electron chi connectivity index (χ2n) is 10.4. The van der Waals surface area contributed by atoms with Gasteiger partial charge in [0.2, 0.25) is 5.95 Å². The lowest BCUT2D eigenvalue weighted by atomic mass is 9.91. The van der Waals surface area contributed by atoms with E-state index < -0.39 is 0 Å². The summed E-state index contributed by atoms with van der Waals surface area (Å²) in [7, 11) is 4.08. The lowest BCUT2D eigenvalue weighted by Gasteiger charge is -2.30. The number of hydrogen-bond donors (Lipinski definition) is 2. The molecule has 4 rings (SSSR count). The van der Waals surface area contributed by atoms with Crippen molar-refractivity contribution in [1.29, 1.82) is 0 Å². The summed E-state index contributed by atoms with van der Waals surface area (Å²) < 4.78 is 0. The summed E-state index contributed by atoms with van der Waals surface area (Å²) in [5.41, 5.74) is 3.83. The molecule has 0 saturated heterocycles. The summed E-state index contributed by atoms with van der Waals surface area (Å²) in [6, 6.07) is 20.0. The molecular weight excluding hydrogens is 442 g/mol. The van der Waals surface area contributed by atoms with Crippen LogP contribution < -0.4 is 15.5 Å². The maximum absolute atomic E-state index is 4.84. The molecule has 0 spiro atoms. The first-order valence-corrected chi connectivity index (χ1v) is 13.8. The second-order valence-corrected chi connectivity index (χ2v) is 10.4. The molecule has 0 atom stereocenters. The number of nitrogens with one attached hydrogen (secondary N) is 2. The fraction of sp³-hybridized carbons (Fsp3) is 0.484. The molecule has 1 fully saturated rings. The van der Waals surface area contributed by atoms with Crippen molar-refractivity contribution in [1.82, 2.24) is 15.3 Å². The highest BCUT2D eigenvalue weighted by atomic mass is 15.2. The number of fused-ring (bicyclic) bond motifs is 1. The zero-order valence-corrected chi connectivity index (χ0v) is 22.3. The molecule has 1 saturated carbocycles. The van der Waals surface area contributed by atoms with Gasteiger partial charge in [0.1, 0.15) is 5.82 Å². The Morgan fingerprint density at radius 3 is 2.36 bits per heavy atom. The number of unbranched alkanes of at least 4 members (excludes halogenated alkanes) is 3. The SMILES string of the molecule is CCCCCC/C(=C\c1ccccc1)CNC1CCC(Nc2nc(N(C)C)c3ccccc3n2)CC1. The van der Waals surface area contributed by atoms with E-state index in [-0.39, 0.29) is 0 Å². The van der Waals surface area contributed by atoms with Crippen molar-refractivity contribution in [2.45, 2.75) is 76.8 Å². The average Bonchev–Trinajstić information content (AvgIpc) is 2.90. The van der Waals surface area contributed by atoms with Gasteiger partial charge in [0.25, 0.3) is 0 Å². The van der Waals surface area contributed by atoms with E-state index in [0.29, 0.717) is 12.1 Å². The molecule has 192 valence electrons. The van der Waals surface area contributed by atoms with E-state index in [2.05, 4.69) is 71.0 Å². The first-order chi connectivity index (χ1) is 17.6. The largest absolute Gasteiger partial charge is 0.362 e. The van der Waals surface area contributed by atoms with Crippen molar-refractivity contribution in [3.8, 4) is 0 Å². The summed E-state index contributed by atoms with van der Waals surface area (Å²) in [6.45, 7) is 3.27. The molecule has 0 aliphatic heterocycles. The van der Waals surface area contributed by atoms with E-state index in [1.165, 1.54) is 56.1 Å². The molecule has 2 aromatic carbocycles. The highest BCUT2D eigenvalue weighted by Gasteiger charge is 2.22. The smallest absolute Gasteiger partial charge is 0.225 e. The maximum atomic E-state index is 4.84.